The molecule has 6 nitrogen and oxygen atoms in total. The molecule has 0 saturated carbocycles. The van der Waals surface area contributed by atoms with Crippen molar-refractivity contribution >= 4 is 5.91 Å². The number of carbonyl (C=O) groups is 1. The molecule has 1 heterocycles. The van der Waals surface area contributed by atoms with Gasteiger partial charge in [-0.3, -0.25) is 9.89 Å². The lowest BCUT2D eigenvalue weighted by Crippen LogP contribution is -2.23. The molecule has 0 atom stereocenters. The average Bonchev–Trinajstić information content (AvgIpc) is 3.14. The van der Waals surface area contributed by atoms with Crippen molar-refractivity contribution in [1.29, 1.82) is 0 Å². The standard InChI is InChI=1S/C19H20N4O2/c1-25-16-10-8-15(9-11-16)19-21-17(22-23-19)13-20-18(24)12-7-14-5-3-2-4-6-14/h2-6,8-11H,7,12-13H2,1H3,(H,20,24)(H,21,22,23). The summed E-state index contributed by atoms with van der Waals surface area (Å²) in [6, 6.07) is 17.5. The number of hydrogen-bond acceptors (Lipinski definition) is 4. The smallest absolute Gasteiger partial charge is 0.220 e. The monoisotopic (exact) mass is 336 g/mol. The van der Waals surface area contributed by atoms with E-state index in [-0.39, 0.29) is 5.91 Å². The summed E-state index contributed by atoms with van der Waals surface area (Å²) in [7, 11) is 1.63. The quantitative estimate of drug-likeness (QED) is 0.695. The molecule has 0 aliphatic carbocycles. The molecule has 25 heavy (non-hydrogen) atoms. The van der Waals surface area contributed by atoms with Gasteiger partial charge in [0.2, 0.25) is 5.91 Å². The Bertz CT molecular complexity index is 813. The number of nitrogens with one attached hydrogen (secondary N) is 2. The largest absolute Gasteiger partial charge is 0.497 e. The van der Waals surface area contributed by atoms with E-state index in [0.29, 0.717) is 24.6 Å². The molecule has 1 amide bonds. The SMILES string of the molecule is COc1ccc(-c2n[nH]c(CNC(=O)CCc3ccccc3)n2)cc1. The van der Waals surface area contributed by atoms with Crippen LogP contribution in [0.5, 0.6) is 5.75 Å². The van der Waals surface area contributed by atoms with Gasteiger partial charge in [0.05, 0.1) is 13.7 Å². The minimum atomic E-state index is -0.00810. The van der Waals surface area contributed by atoms with Crippen LogP contribution in [0.2, 0.25) is 0 Å². The molecular weight excluding hydrogens is 316 g/mol. The number of aromatic nitrogens is 3. The number of amides is 1. The van der Waals surface area contributed by atoms with Gasteiger partial charge in [0.25, 0.3) is 0 Å². The van der Waals surface area contributed by atoms with Crippen LogP contribution in [0.25, 0.3) is 11.4 Å². The predicted octanol–water partition coefficient (Wildman–Crippen LogP) is 2.73. The summed E-state index contributed by atoms with van der Waals surface area (Å²) < 4.78 is 5.13. The summed E-state index contributed by atoms with van der Waals surface area (Å²) in [5.74, 6) is 1.99. The fourth-order valence-electron chi connectivity index (χ4n) is 2.42. The highest BCUT2D eigenvalue weighted by molar-refractivity contribution is 5.76. The van der Waals surface area contributed by atoms with E-state index in [9.17, 15) is 4.79 Å². The first-order chi connectivity index (χ1) is 12.2. The van der Waals surface area contributed by atoms with E-state index in [4.69, 9.17) is 4.74 Å². The van der Waals surface area contributed by atoms with Gasteiger partial charge < -0.3 is 10.1 Å². The molecule has 128 valence electrons. The third-order valence-electron chi connectivity index (χ3n) is 3.82. The number of H-pyrrole nitrogens is 1. The van der Waals surface area contributed by atoms with E-state index in [1.54, 1.807) is 7.11 Å². The van der Waals surface area contributed by atoms with Crippen LogP contribution in [-0.4, -0.2) is 28.2 Å². The minimum absolute atomic E-state index is 0.00810. The van der Waals surface area contributed by atoms with Gasteiger partial charge in [0, 0.05) is 12.0 Å². The van der Waals surface area contributed by atoms with Crippen molar-refractivity contribution in [2.45, 2.75) is 19.4 Å². The molecule has 1 aromatic heterocycles. The zero-order valence-electron chi connectivity index (χ0n) is 14.0. The topological polar surface area (TPSA) is 79.9 Å². The summed E-state index contributed by atoms with van der Waals surface area (Å²) in [6.45, 7) is 0.330. The van der Waals surface area contributed by atoms with Crippen LogP contribution in [0.4, 0.5) is 0 Å². The number of carbonyl (C=O) groups excluding carboxylic acids is 1. The fourth-order valence-corrected chi connectivity index (χ4v) is 2.42. The van der Waals surface area contributed by atoms with E-state index in [1.165, 1.54) is 0 Å². The second-order valence-electron chi connectivity index (χ2n) is 5.60. The zero-order chi connectivity index (χ0) is 17.5. The highest BCUT2D eigenvalue weighted by Gasteiger charge is 2.08. The van der Waals surface area contributed by atoms with Crippen molar-refractivity contribution in [3.05, 3.63) is 66.0 Å². The minimum Gasteiger partial charge on any atom is -0.497 e. The molecule has 2 N–H and O–H groups in total. The molecule has 6 heteroatoms. The number of ether oxygens (including phenoxy) is 1. The van der Waals surface area contributed by atoms with E-state index < -0.39 is 0 Å². The Morgan fingerprint density at radius 2 is 1.88 bits per heavy atom. The van der Waals surface area contributed by atoms with Crippen molar-refractivity contribution in [3.8, 4) is 17.1 Å². The third-order valence-corrected chi connectivity index (χ3v) is 3.82. The number of aromatic amines is 1. The van der Waals surface area contributed by atoms with Crippen LogP contribution >= 0.6 is 0 Å². The number of benzene rings is 2. The summed E-state index contributed by atoms with van der Waals surface area (Å²) in [5, 5.41) is 9.90. The fraction of sp³-hybridized carbons (Fsp3) is 0.211. The first-order valence-corrected chi connectivity index (χ1v) is 8.11. The Morgan fingerprint density at radius 3 is 2.60 bits per heavy atom. The number of methoxy groups -OCH3 is 1. The molecule has 0 spiro atoms. The van der Waals surface area contributed by atoms with E-state index >= 15 is 0 Å². The first-order valence-electron chi connectivity index (χ1n) is 8.11. The van der Waals surface area contributed by atoms with Crippen molar-refractivity contribution in [3.63, 3.8) is 0 Å². The summed E-state index contributed by atoms with van der Waals surface area (Å²) in [4.78, 5) is 16.4. The Labute approximate surface area is 146 Å². The summed E-state index contributed by atoms with van der Waals surface area (Å²) in [6.07, 6.45) is 1.17. The van der Waals surface area contributed by atoms with Gasteiger partial charge in [-0.1, -0.05) is 30.3 Å². The van der Waals surface area contributed by atoms with Crippen molar-refractivity contribution in [2.24, 2.45) is 0 Å². The third kappa shape index (κ3) is 4.67. The molecule has 0 aliphatic heterocycles. The lowest BCUT2D eigenvalue weighted by Gasteiger charge is -2.03. The van der Waals surface area contributed by atoms with E-state index in [0.717, 1.165) is 23.3 Å². The summed E-state index contributed by atoms with van der Waals surface area (Å²) >= 11 is 0. The Hall–Kier alpha value is -3.15. The second-order valence-corrected chi connectivity index (χ2v) is 5.60. The Balaban J connectivity index is 1.50. The van der Waals surface area contributed by atoms with Crippen molar-refractivity contribution in [1.82, 2.24) is 20.5 Å². The summed E-state index contributed by atoms with van der Waals surface area (Å²) in [5.41, 5.74) is 2.04. The molecule has 0 bridgehead atoms. The van der Waals surface area contributed by atoms with Crippen LogP contribution in [0, 0.1) is 0 Å². The number of rotatable bonds is 7. The van der Waals surface area contributed by atoms with Gasteiger partial charge in [0.15, 0.2) is 5.82 Å². The Morgan fingerprint density at radius 1 is 1.12 bits per heavy atom. The lowest BCUT2D eigenvalue weighted by atomic mass is 10.1. The molecule has 0 unspecified atom stereocenters. The zero-order valence-corrected chi connectivity index (χ0v) is 14.0. The van der Waals surface area contributed by atoms with Crippen LogP contribution in [0.3, 0.4) is 0 Å². The van der Waals surface area contributed by atoms with E-state index in [1.807, 2.05) is 54.6 Å². The molecule has 0 radical (unpaired) electrons. The maximum atomic E-state index is 11.9. The maximum Gasteiger partial charge on any atom is 0.220 e. The van der Waals surface area contributed by atoms with Gasteiger partial charge in [-0.25, -0.2) is 4.98 Å². The average molecular weight is 336 g/mol. The maximum absolute atomic E-state index is 11.9. The van der Waals surface area contributed by atoms with Crippen molar-refractivity contribution in [2.75, 3.05) is 7.11 Å². The van der Waals surface area contributed by atoms with Gasteiger partial charge in [-0.05, 0) is 36.2 Å². The number of nitrogens with zero attached hydrogens (tertiary/aromatic N) is 2. The molecule has 3 aromatic rings. The van der Waals surface area contributed by atoms with Crippen LogP contribution in [0.15, 0.2) is 54.6 Å². The molecular formula is C19H20N4O2. The van der Waals surface area contributed by atoms with E-state index in [2.05, 4.69) is 20.5 Å². The normalized spacial score (nSPS) is 10.4. The van der Waals surface area contributed by atoms with Crippen LogP contribution < -0.4 is 10.1 Å². The van der Waals surface area contributed by atoms with Crippen LogP contribution in [-0.2, 0) is 17.8 Å². The van der Waals surface area contributed by atoms with Gasteiger partial charge in [0.1, 0.15) is 11.6 Å². The molecule has 0 fully saturated rings. The first kappa shape index (κ1) is 16.7. The predicted molar refractivity (Wildman–Crippen MR) is 95.0 cm³/mol. The number of aryl methyl sites for hydroxylation is 1. The molecule has 0 aliphatic rings. The lowest BCUT2D eigenvalue weighted by molar-refractivity contribution is -0.121. The van der Waals surface area contributed by atoms with Gasteiger partial charge in [-0.15, -0.1) is 0 Å². The highest BCUT2D eigenvalue weighted by atomic mass is 16.5. The van der Waals surface area contributed by atoms with Gasteiger partial charge in [-0.2, -0.15) is 5.10 Å². The molecule has 2 aromatic carbocycles. The Kier molecular flexibility index (Phi) is 5.41. The van der Waals surface area contributed by atoms with Gasteiger partial charge >= 0.3 is 0 Å². The number of hydrogen-bond donors (Lipinski definition) is 2. The second kappa shape index (κ2) is 8.10. The van der Waals surface area contributed by atoms with Crippen molar-refractivity contribution < 1.29 is 9.53 Å². The van der Waals surface area contributed by atoms with Crippen LogP contribution in [0.1, 0.15) is 17.8 Å². The molecule has 3 rings (SSSR count). The molecule has 0 saturated heterocycles. The highest BCUT2D eigenvalue weighted by Crippen LogP contribution is 2.18.